The van der Waals surface area contributed by atoms with Crippen LogP contribution < -0.4 is 10.2 Å². The molecule has 2 aliphatic rings. The lowest BCUT2D eigenvalue weighted by Crippen LogP contribution is -2.46. The van der Waals surface area contributed by atoms with E-state index in [9.17, 15) is 0 Å². The summed E-state index contributed by atoms with van der Waals surface area (Å²) in [6.45, 7) is 2.08. The molecule has 6 heteroatoms. The smallest absolute Gasteiger partial charge is 0.164 e. The Kier molecular flexibility index (Phi) is 5.09. The van der Waals surface area contributed by atoms with Crippen molar-refractivity contribution in [1.29, 1.82) is 0 Å². The predicted molar refractivity (Wildman–Crippen MR) is 105 cm³/mol. The number of pyridine rings is 1. The molecule has 0 amide bonds. The zero-order valence-corrected chi connectivity index (χ0v) is 16.0. The van der Waals surface area contributed by atoms with Gasteiger partial charge in [-0.05, 0) is 56.7 Å². The van der Waals surface area contributed by atoms with E-state index in [0.29, 0.717) is 22.4 Å². The molecule has 138 valence electrons. The van der Waals surface area contributed by atoms with Crippen molar-refractivity contribution in [2.75, 3.05) is 25.0 Å². The van der Waals surface area contributed by atoms with Gasteiger partial charge in [-0.15, -0.1) is 0 Å². The first-order chi connectivity index (χ1) is 12.7. The van der Waals surface area contributed by atoms with Gasteiger partial charge in [0.05, 0.1) is 0 Å². The minimum atomic E-state index is 0.488. The maximum absolute atomic E-state index is 6.29. The second-order valence-corrected chi connectivity index (χ2v) is 8.07. The third-order valence-electron chi connectivity index (χ3n) is 6.10. The van der Waals surface area contributed by atoms with Gasteiger partial charge in [0.1, 0.15) is 11.0 Å². The summed E-state index contributed by atoms with van der Waals surface area (Å²) in [4.78, 5) is 15.7. The first-order valence-electron chi connectivity index (χ1n) is 9.55. The Morgan fingerprint density at radius 3 is 2.81 bits per heavy atom. The molecule has 2 aromatic heterocycles. The summed E-state index contributed by atoms with van der Waals surface area (Å²) >= 11 is 6.29. The standard InChI is InChI=1S/C20H26ClN5/c1-22-16-5-2-6-20(13-16)7-10-26(11-8-20)18-12-17(21)24-19(25-18)15-4-3-9-23-14-15/h3-4,9,12,14,16,22H,2,5-8,10-11,13H2,1H3. The molecule has 1 aliphatic carbocycles. The topological polar surface area (TPSA) is 53.9 Å². The van der Waals surface area contributed by atoms with Crippen molar-refractivity contribution in [3.05, 3.63) is 35.7 Å². The van der Waals surface area contributed by atoms with Gasteiger partial charge in [-0.25, -0.2) is 9.97 Å². The van der Waals surface area contributed by atoms with Crippen molar-refractivity contribution in [2.24, 2.45) is 5.41 Å². The summed E-state index contributed by atoms with van der Waals surface area (Å²) < 4.78 is 0. The average Bonchev–Trinajstić information content (AvgIpc) is 2.69. The van der Waals surface area contributed by atoms with Crippen LogP contribution in [-0.2, 0) is 0 Å². The molecule has 26 heavy (non-hydrogen) atoms. The SMILES string of the molecule is CNC1CCCC2(CCN(c3cc(Cl)nc(-c4cccnc4)n3)CC2)C1. The predicted octanol–water partition coefficient (Wildman–Crippen LogP) is 3.94. The summed E-state index contributed by atoms with van der Waals surface area (Å²) in [6.07, 6.45) is 11.3. The lowest BCUT2D eigenvalue weighted by atomic mass is 9.66. The molecule has 4 rings (SSSR count). The van der Waals surface area contributed by atoms with Gasteiger partial charge in [0, 0.05) is 43.2 Å². The molecule has 0 bridgehead atoms. The lowest BCUT2D eigenvalue weighted by molar-refractivity contribution is 0.120. The largest absolute Gasteiger partial charge is 0.356 e. The lowest BCUT2D eigenvalue weighted by Gasteiger charge is -2.47. The Bertz CT molecular complexity index is 743. The van der Waals surface area contributed by atoms with E-state index >= 15 is 0 Å². The fraction of sp³-hybridized carbons (Fsp3) is 0.550. The molecule has 1 spiro atoms. The normalized spacial score (nSPS) is 22.5. The van der Waals surface area contributed by atoms with E-state index < -0.39 is 0 Å². The summed E-state index contributed by atoms with van der Waals surface area (Å²) in [6, 6.07) is 6.43. The number of hydrogen-bond acceptors (Lipinski definition) is 5. The van der Waals surface area contributed by atoms with Gasteiger partial charge in [-0.2, -0.15) is 0 Å². The fourth-order valence-electron chi connectivity index (χ4n) is 4.55. The molecule has 1 unspecified atom stereocenters. The van der Waals surface area contributed by atoms with Crippen LogP contribution in [0.15, 0.2) is 30.6 Å². The first kappa shape index (κ1) is 17.7. The molecule has 3 heterocycles. The minimum absolute atomic E-state index is 0.488. The van der Waals surface area contributed by atoms with Crippen molar-refractivity contribution in [3.63, 3.8) is 0 Å². The molecule has 1 saturated carbocycles. The van der Waals surface area contributed by atoms with Crippen molar-refractivity contribution >= 4 is 17.4 Å². The Hall–Kier alpha value is -1.72. The van der Waals surface area contributed by atoms with Crippen LogP contribution in [0.2, 0.25) is 5.15 Å². The molecular formula is C20H26ClN5. The van der Waals surface area contributed by atoms with Gasteiger partial charge in [-0.1, -0.05) is 18.0 Å². The number of rotatable bonds is 3. The number of nitrogens with zero attached hydrogens (tertiary/aromatic N) is 4. The molecule has 0 aromatic carbocycles. The van der Waals surface area contributed by atoms with Crippen LogP contribution in [0.5, 0.6) is 0 Å². The number of hydrogen-bond donors (Lipinski definition) is 1. The number of halogens is 1. The second kappa shape index (κ2) is 7.49. The van der Waals surface area contributed by atoms with Gasteiger partial charge >= 0.3 is 0 Å². The van der Waals surface area contributed by atoms with E-state index in [0.717, 1.165) is 24.5 Å². The van der Waals surface area contributed by atoms with Crippen LogP contribution in [-0.4, -0.2) is 41.1 Å². The number of piperidine rings is 1. The van der Waals surface area contributed by atoms with Gasteiger partial charge in [0.25, 0.3) is 0 Å². The van der Waals surface area contributed by atoms with Gasteiger partial charge in [0.2, 0.25) is 0 Å². The Labute approximate surface area is 160 Å². The summed E-state index contributed by atoms with van der Waals surface area (Å²) in [5.74, 6) is 1.58. The quantitative estimate of drug-likeness (QED) is 0.828. The van der Waals surface area contributed by atoms with Crippen LogP contribution in [0.1, 0.15) is 38.5 Å². The molecule has 2 fully saturated rings. The van der Waals surface area contributed by atoms with Crippen molar-refractivity contribution in [1.82, 2.24) is 20.3 Å². The first-order valence-corrected chi connectivity index (χ1v) is 9.92. The zero-order chi connectivity index (χ0) is 18.0. The van der Waals surface area contributed by atoms with Crippen LogP contribution in [0.4, 0.5) is 5.82 Å². The molecule has 1 aliphatic heterocycles. The van der Waals surface area contributed by atoms with Crippen LogP contribution in [0.25, 0.3) is 11.4 Å². The molecular weight excluding hydrogens is 346 g/mol. The number of anilines is 1. The van der Waals surface area contributed by atoms with E-state index in [1.54, 1.807) is 12.4 Å². The highest BCUT2D eigenvalue weighted by Gasteiger charge is 2.38. The van der Waals surface area contributed by atoms with E-state index in [2.05, 4.69) is 27.2 Å². The van der Waals surface area contributed by atoms with Gasteiger partial charge < -0.3 is 10.2 Å². The third-order valence-corrected chi connectivity index (χ3v) is 6.29. The minimum Gasteiger partial charge on any atom is -0.356 e. The molecule has 2 aromatic rings. The highest BCUT2D eigenvalue weighted by Crippen LogP contribution is 2.45. The van der Waals surface area contributed by atoms with E-state index in [4.69, 9.17) is 16.6 Å². The Morgan fingerprint density at radius 2 is 2.08 bits per heavy atom. The second-order valence-electron chi connectivity index (χ2n) is 7.68. The molecule has 1 atom stereocenters. The molecule has 5 nitrogen and oxygen atoms in total. The van der Waals surface area contributed by atoms with Crippen molar-refractivity contribution in [3.8, 4) is 11.4 Å². The summed E-state index contributed by atoms with van der Waals surface area (Å²) in [7, 11) is 2.10. The Balaban J connectivity index is 1.50. The number of nitrogens with one attached hydrogen (secondary N) is 1. The van der Waals surface area contributed by atoms with E-state index in [1.807, 2.05) is 18.2 Å². The summed E-state index contributed by atoms with van der Waals surface area (Å²) in [5.41, 5.74) is 1.40. The fourth-order valence-corrected chi connectivity index (χ4v) is 4.73. The molecule has 1 saturated heterocycles. The molecule has 1 N–H and O–H groups in total. The van der Waals surface area contributed by atoms with E-state index in [-0.39, 0.29) is 0 Å². The van der Waals surface area contributed by atoms with Crippen molar-refractivity contribution in [2.45, 2.75) is 44.6 Å². The van der Waals surface area contributed by atoms with Crippen LogP contribution in [0.3, 0.4) is 0 Å². The van der Waals surface area contributed by atoms with Crippen LogP contribution >= 0.6 is 11.6 Å². The average molecular weight is 372 g/mol. The van der Waals surface area contributed by atoms with E-state index in [1.165, 1.54) is 38.5 Å². The van der Waals surface area contributed by atoms with Crippen molar-refractivity contribution < 1.29 is 0 Å². The van der Waals surface area contributed by atoms with Crippen LogP contribution in [0, 0.1) is 5.41 Å². The maximum atomic E-state index is 6.29. The highest BCUT2D eigenvalue weighted by atomic mass is 35.5. The monoisotopic (exact) mass is 371 g/mol. The number of aromatic nitrogens is 3. The highest BCUT2D eigenvalue weighted by molar-refractivity contribution is 6.29. The summed E-state index contributed by atoms with van der Waals surface area (Å²) in [5, 5.41) is 3.98. The van der Waals surface area contributed by atoms with Gasteiger partial charge in [0.15, 0.2) is 5.82 Å². The van der Waals surface area contributed by atoms with Gasteiger partial charge in [-0.3, -0.25) is 4.98 Å². The third kappa shape index (κ3) is 3.69. The zero-order valence-electron chi connectivity index (χ0n) is 15.3. The Morgan fingerprint density at radius 1 is 1.23 bits per heavy atom. The molecule has 0 radical (unpaired) electrons. The maximum Gasteiger partial charge on any atom is 0.164 e.